The summed E-state index contributed by atoms with van der Waals surface area (Å²) in [5, 5.41) is 33.8. The lowest BCUT2D eigenvalue weighted by Gasteiger charge is -2.35. The van der Waals surface area contributed by atoms with E-state index in [2.05, 4.69) is 85.3 Å². The van der Waals surface area contributed by atoms with E-state index < -0.39 is 37.3 Å². The quantitative estimate of drug-likeness (QED) is 0.0941. The van der Waals surface area contributed by atoms with E-state index in [0.717, 1.165) is 47.3 Å². The van der Waals surface area contributed by atoms with Crippen molar-refractivity contribution in [2.75, 3.05) is 0 Å². The molecular formula is C32H60AlCl4N8O12S4. The summed E-state index contributed by atoms with van der Waals surface area (Å²) in [6, 6.07) is 0. The van der Waals surface area contributed by atoms with Crippen LogP contribution in [0.5, 0.6) is 0 Å². The van der Waals surface area contributed by atoms with Gasteiger partial charge in [-0.1, -0.05) is 51.4 Å². The zero-order valence-corrected chi connectivity index (χ0v) is 40.8. The summed E-state index contributed by atoms with van der Waals surface area (Å²) in [6.45, 7) is 0. The molecule has 0 aromatic rings. The van der Waals surface area contributed by atoms with Gasteiger partial charge in [0.05, 0.1) is 49.3 Å². The van der Waals surface area contributed by atoms with E-state index in [-0.39, 0.29) is 17.4 Å². The van der Waals surface area contributed by atoms with Gasteiger partial charge in [0.25, 0.3) is 0 Å². The summed E-state index contributed by atoms with van der Waals surface area (Å²) < 4.78 is 101. The predicted molar refractivity (Wildman–Crippen MR) is 233 cm³/mol. The summed E-state index contributed by atoms with van der Waals surface area (Å²) in [5.41, 5.74) is 0. The predicted octanol–water partition coefficient (Wildman–Crippen LogP) is 2.34. The third kappa shape index (κ3) is 17.9. The first-order chi connectivity index (χ1) is 27.8. The Morgan fingerprint density at radius 1 is 0.279 bits per heavy atom. The van der Waals surface area contributed by atoms with Gasteiger partial charge in [-0.2, -0.15) is 33.7 Å². The fraction of sp³-hybridized carbons (Fsp3) is 1.00. The molecule has 61 heavy (non-hydrogen) atoms. The lowest BCUT2D eigenvalue weighted by Crippen LogP contribution is -2.61. The van der Waals surface area contributed by atoms with Gasteiger partial charge in [0.2, 0.25) is 0 Å². The van der Waals surface area contributed by atoms with Gasteiger partial charge in [0.1, 0.15) is 0 Å². The van der Waals surface area contributed by atoms with Gasteiger partial charge in [-0.05, 0) is 98.7 Å². The molecular weight excluding hydrogens is 985 g/mol. The van der Waals surface area contributed by atoms with Crippen molar-refractivity contribution < 1.29 is 51.9 Å². The number of nitrogens with one attached hydrogen (secondary N) is 8. The molecule has 8 unspecified atom stereocenters. The summed E-state index contributed by atoms with van der Waals surface area (Å²) in [7, 11) is -0.546. The van der Waals surface area contributed by atoms with Gasteiger partial charge in [-0.25, -0.2) is 0 Å². The molecule has 8 atom stereocenters. The average Bonchev–Trinajstić information content (AvgIpc) is 3.85. The van der Waals surface area contributed by atoms with Crippen LogP contribution in [-0.2, 0) is 37.3 Å². The van der Waals surface area contributed by atoms with Crippen LogP contribution in [0.25, 0.3) is 0 Å². The lowest BCUT2D eigenvalue weighted by molar-refractivity contribution is 0.167. The third-order valence-electron chi connectivity index (χ3n) is 13.8. The summed E-state index contributed by atoms with van der Waals surface area (Å²) in [5.74, 6) is 5.97. The molecule has 5 saturated heterocycles. The minimum Gasteiger partial charge on any atom is -0.286 e. The van der Waals surface area contributed by atoms with Gasteiger partial charge >= 0.3 is 37.3 Å². The Morgan fingerprint density at radius 2 is 0.361 bits per heavy atom. The highest BCUT2D eigenvalue weighted by atomic mass is 35.7. The lowest BCUT2D eigenvalue weighted by atomic mass is 9.76. The smallest absolute Gasteiger partial charge is 0.286 e. The Balaban J connectivity index is 0.000000329. The second-order valence-corrected chi connectivity index (χ2v) is 25.2. The van der Waals surface area contributed by atoms with E-state index >= 15 is 0 Å². The zero-order chi connectivity index (χ0) is 44.2. The van der Waals surface area contributed by atoms with Crippen molar-refractivity contribution in [2.24, 2.45) is 47.3 Å². The van der Waals surface area contributed by atoms with Crippen molar-refractivity contribution in [2.45, 2.75) is 152 Å². The molecule has 29 heteroatoms. The summed E-state index contributed by atoms with van der Waals surface area (Å²) >= 11 is 0. The molecule has 0 amide bonds. The Kier molecular flexibility index (Phi) is 20.9. The van der Waals surface area contributed by atoms with E-state index in [9.17, 15) is 0 Å². The first kappa shape index (κ1) is 54.6. The largest absolute Gasteiger partial charge is 0.353 e. The molecule has 0 aromatic heterocycles. The van der Waals surface area contributed by atoms with Crippen molar-refractivity contribution in [1.29, 1.82) is 0 Å². The molecule has 355 valence electrons. The second kappa shape index (κ2) is 23.3. The van der Waals surface area contributed by atoms with Crippen LogP contribution < -0.4 is 42.5 Å². The highest BCUT2D eigenvalue weighted by Crippen LogP contribution is 2.45. The number of hydrogen-bond donors (Lipinski definition) is 12. The molecule has 20 nitrogen and oxygen atoms in total. The maximum absolute atomic E-state index is 8.95. The number of halogens is 4. The average molecular weight is 1050 g/mol. The first-order valence-corrected chi connectivity index (χ1v) is 29.6. The number of fused-ring (bicyclic) bond motifs is 20. The normalized spacial score (nSPS) is 41.6. The Hall–Kier alpha value is 1.01. The molecule has 9 aliphatic rings. The Morgan fingerprint density at radius 3 is 0.443 bits per heavy atom. The SMILES string of the molecule is C1CCC2C3NC(NC4NC(NC5NC(NC6NC(N3)C3CCCCC63)C3CCCCC53)C3CCCCC43)C2C1.O=S(=O)(O)Cl.O=S(=O)(O)Cl.O=S(=O)(O)Cl.O=S(=O)(O)Cl.[Al]. The Labute approximate surface area is 388 Å². The minimum atomic E-state index is -4.19. The molecule has 0 spiro atoms. The van der Waals surface area contributed by atoms with E-state index in [0.29, 0.717) is 49.3 Å². The van der Waals surface area contributed by atoms with Gasteiger partial charge in [0, 0.05) is 60.1 Å². The first-order valence-electron chi connectivity index (χ1n) is 20.6. The molecule has 5 heterocycles. The van der Waals surface area contributed by atoms with Gasteiger partial charge in [-0.3, -0.25) is 60.7 Å². The van der Waals surface area contributed by atoms with Gasteiger partial charge in [-0.15, -0.1) is 0 Å². The summed E-state index contributed by atoms with van der Waals surface area (Å²) in [6.07, 6.45) is 25.6. The molecule has 9 rings (SSSR count). The number of rotatable bonds is 0. The van der Waals surface area contributed by atoms with Crippen LogP contribution in [0.15, 0.2) is 0 Å². The fourth-order valence-electron chi connectivity index (χ4n) is 12.0. The van der Waals surface area contributed by atoms with Crippen molar-refractivity contribution in [3.63, 3.8) is 0 Å². The van der Waals surface area contributed by atoms with Crippen LogP contribution in [-0.4, -0.2) is 119 Å². The third-order valence-corrected chi connectivity index (χ3v) is 13.8. The summed E-state index contributed by atoms with van der Waals surface area (Å²) in [4.78, 5) is 0. The molecule has 9 fully saturated rings. The van der Waals surface area contributed by atoms with Crippen LogP contribution in [0.3, 0.4) is 0 Å². The molecule has 3 radical (unpaired) electrons. The van der Waals surface area contributed by atoms with E-state index in [1.165, 1.54) is 103 Å². The maximum Gasteiger partial charge on any atom is 0.353 e. The second-order valence-electron chi connectivity index (χ2n) is 17.3. The maximum atomic E-state index is 8.95. The number of hydrogen-bond acceptors (Lipinski definition) is 16. The van der Waals surface area contributed by atoms with E-state index in [1.807, 2.05) is 0 Å². The highest BCUT2D eigenvalue weighted by Gasteiger charge is 2.54. The zero-order valence-electron chi connectivity index (χ0n) is 33.3. The highest BCUT2D eigenvalue weighted by molar-refractivity contribution is 8.10. The van der Waals surface area contributed by atoms with Gasteiger partial charge in [0.15, 0.2) is 0 Å². The topological polar surface area (TPSA) is 314 Å². The molecule has 5 aliphatic heterocycles. The molecule has 0 aromatic carbocycles. The van der Waals surface area contributed by atoms with E-state index in [4.69, 9.17) is 51.9 Å². The molecule has 4 saturated carbocycles. The van der Waals surface area contributed by atoms with Crippen molar-refractivity contribution in [3.05, 3.63) is 0 Å². The minimum absolute atomic E-state index is 0. The van der Waals surface area contributed by atoms with Crippen molar-refractivity contribution >= 4 is 97.4 Å². The van der Waals surface area contributed by atoms with Crippen LogP contribution in [0, 0.1) is 47.3 Å². The van der Waals surface area contributed by atoms with Crippen LogP contribution in [0.1, 0.15) is 103 Å². The molecule has 4 aliphatic carbocycles. The van der Waals surface area contributed by atoms with Crippen LogP contribution in [0.4, 0.5) is 0 Å². The standard InChI is InChI=1S/C32H56N8.Al.4ClHO3S/c1-2-10-18-17(9-1)25-33-26(18)38-28-21-13-5-6-14-22(21)30(35-28)40-32-24-16-8-7-15-23(24)31(36-32)39-29-20-12-4-3-11-19(20)27(34-29)37-25;;4*1-5(2,3)4/h17-40H,1-16H2;;4*(H,2,3,4). The van der Waals surface area contributed by atoms with Crippen molar-refractivity contribution in [3.8, 4) is 0 Å². The monoisotopic (exact) mass is 1040 g/mol. The van der Waals surface area contributed by atoms with Gasteiger partial charge < -0.3 is 0 Å². The fourth-order valence-corrected chi connectivity index (χ4v) is 12.0. The molecule has 8 bridgehead atoms. The molecule has 12 N–H and O–H groups in total. The van der Waals surface area contributed by atoms with Crippen LogP contribution >= 0.6 is 42.7 Å². The van der Waals surface area contributed by atoms with E-state index in [1.54, 1.807) is 0 Å². The van der Waals surface area contributed by atoms with Crippen molar-refractivity contribution in [1.82, 2.24) is 42.5 Å². The Bertz CT molecular complexity index is 1510. The van der Waals surface area contributed by atoms with Crippen LogP contribution in [0.2, 0.25) is 0 Å².